The highest BCUT2D eigenvalue weighted by molar-refractivity contribution is 7.89. The third-order valence-electron chi connectivity index (χ3n) is 2.84. The summed E-state index contributed by atoms with van der Waals surface area (Å²) in [7, 11) is -2.01. The minimum Gasteiger partial charge on any atom is -0.326 e. The zero-order chi connectivity index (χ0) is 15.6. The van der Waals surface area contributed by atoms with Crippen LogP contribution in [0.25, 0.3) is 0 Å². The number of nitrogens with zero attached hydrogens (tertiary/aromatic N) is 2. The molecule has 1 heterocycles. The summed E-state index contributed by atoms with van der Waals surface area (Å²) >= 11 is 11.9. The van der Waals surface area contributed by atoms with Crippen molar-refractivity contribution < 1.29 is 8.42 Å². The van der Waals surface area contributed by atoms with Crippen LogP contribution in [0.1, 0.15) is 11.1 Å². The first-order valence-corrected chi connectivity index (χ1v) is 8.22. The van der Waals surface area contributed by atoms with Gasteiger partial charge in [0, 0.05) is 36.9 Å². The van der Waals surface area contributed by atoms with Crippen LogP contribution in [0.15, 0.2) is 29.4 Å². The molecule has 0 fully saturated rings. The molecule has 3 N–H and O–H groups in total. The van der Waals surface area contributed by atoms with Crippen LogP contribution in [0.4, 0.5) is 0 Å². The van der Waals surface area contributed by atoms with Crippen LogP contribution in [0.5, 0.6) is 0 Å². The smallest absolute Gasteiger partial charge is 0.242 e. The van der Waals surface area contributed by atoms with Crippen molar-refractivity contribution >= 4 is 33.2 Å². The number of rotatable bonds is 5. The average Bonchev–Trinajstić information content (AvgIpc) is 2.82. The standard InChI is InChI=1S/C12H14Cl2N4O2S/c1-18-7-8(5-16-18)6-17-21(19,20)12-2-9(4-15)10(13)3-11(12)14/h2-3,5,7,17H,4,6,15H2,1H3. The van der Waals surface area contributed by atoms with Crippen molar-refractivity contribution in [3.8, 4) is 0 Å². The van der Waals surface area contributed by atoms with Crippen LogP contribution in [0.2, 0.25) is 10.0 Å². The molecule has 6 nitrogen and oxygen atoms in total. The molecule has 2 rings (SSSR count). The molecule has 0 aliphatic heterocycles. The predicted octanol–water partition coefficient (Wildman–Crippen LogP) is 1.66. The highest BCUT2D eigenvalue weighted by Crippen LogP contribution is 2.28. The largest absolute Gasteiger partial charge is 0.326 e. The van der Waals surface area contributed by atoms with Crippen molar-refractivity contribution in [2.75, 3.05) is 0 Å². The van der Waals surface area contributed by atoms with Crippen molar-refractivity contribution in [2.45, 2.75) is 18.0 Å². The lowest BCUT2D eigenvalue weighted by molar-refractivity contribution is 0.581. The van der Waals surface area contributed by atoms with Crippen LogP contribution >= 0.6 is 23.2 Å². The van der Waals surface area contributed by atoms with Crippen LogP contribution in [0.3, 0.4) is 0 Å². The summed E-state index contributed by atoms with van der Waals surface area (Å²) in [6, 6.07) is 2.76. The predicted molar refractivity (Wildman–Crippen MR) is 81.6 cm³/mol. The fraction of sp³-hybridized carbons (Fsp3) is 0.250. The van der Waals surface area contributed by atoms with Crippen molar-refractivity contribution in [1.29, 1.82) is 0 Å². The maximum atomic E-state index is 12.3. The highest BCUT2D eigenvalue weighted by Gasteiger charge is 2.20. The Morgan fingerprint density at radius 3 is 2.62 bits per heavy atom. The van der Waals surface area contributed by atoms with Crippen molar-refractivity contribution in [2.24, 2.45) is 12.8 Å². The quantitative estimate of drug-likeness (QED) is 0.859. The number of aryl methyl sites for hydroxylation is 1. The molecular formula is C12H14Cl2N4O2S. The number of nitrogens with one attached hydrogen (secondary N) is 1. The third-order valence-corrected chi connectivity index (χ3v) is 5.05. The maximum absolute atomic E-state index is 12.3. The van der Waals surface area contributed by atoms with Crippen LogP contribution in [-0.2, 0) is 30.2 Å². The molecule has 0 amide bonds. The van der Waals surface area contributed by atoms with Gasteiger partial charge in [-0.15, -0.1) is 0 Å². The second-order valence-electron chi connectivity index (χ2n) is 4.42. The van der Waals surface area contributed by atoms with E-state index in [1.807, 2.05) is 0 Å². The van der Waals surface area contributed by atoms with Crippen LogP contribution < -0.4 is 10.5 Å². The van der Waals surface area contributed by atoms with Crippen molar-refractivity contribution in [1.82, 2.24) is 14.5 Å². The Balaban J connectivity index is 2.27. The summed E-state index contributed by atoms with van der Waals surface area (Å²) in [6.45, 7) is 0.244. The summed E-state index contributed by atoms with van der Waals surface area (Å²) in [4.78, 5) is -0.0436. The lowest BCUT2D eigenvalue weighted by Crippen LogP contribution is -2.23. The fourth-order valence-electron chi connectivity index (χ4n) is 1.75. The van der Waals surface area contributed by atoms with Gasteiger partial charge in [0.2, 0.25) is 10.0 Å². The molecule has 1 aromatic carbocycles. The first kappa shape index (κ1) is 16.3. The van der Waals surface area contributed by atoms with E-state index in [0.29, 0.717) is 10.6 Å². The van der Waals surface area contributed by atoms with E-state index in [2.05, 4.69) is 9.82 Å². The SMILES string of the molecule is Cn1cc(CNS(=O)(=O)c2cc(CN)c(Cl)cc2Cl)cn1. The number of halogens is 2. The van der Waals surface area contributed by atoms with Gasteiger partial charge >= 0.3 is 0 Å². The highest BCUT2D eigenvalue weighted by atomic mass is 35.5. The molecule has 0 spiro atoms. The van der Waals surface area contributed by atoms with E-state index in [4.69, 9.17) is 28.9 Å². The van der Waals surface area contributed by atoms with E-state index in [1.165, 1.54) is 12.1 Å². The Morgan fingerprint density at radius 2 is 2.05 bits per heavy atom. The Bertz CT molecular complexity index is 759. The Hall–Kier alpha value is -1.12. The second kappa shape index (κ2) is 6.33. The molecule has 114 valence electrons. The topological polar surface area (TPSA) is 90.0 Å². The molecule has 2 aromatic rings. The van der Waals surface area contributed by atoms with Gasteiger partial charge < -0.3 is 5.73 Å². The number of benzene rings is 1. The molecule has 0 saturated heterocycles. The number of aromatic nitrogens is 2. The van der Waals surface area contributed by atoms with Crippen LogP contribution in [-0.4, -0.2) is 18.2 Å². The molecular weight excluding hydrogens is 335 g/mol. The van der Waals surface area contributed by atoms with E-state index in [0.717, 1.165) is 5.56 Å². The number of hydrogen-bond donors (Lipinski definition) is 2. The van der Waals surface area contributed by atoms with Gasteiger partial charge in [-0.2, -0.15) is 5.10 Å². The number of nitrogens with two attached hydrogens (primary N) is 1. The van der Waals surface area contributed by atoms with Gasteiger partial charge in [0.15, 0.2) is 0 Å². The monoisotopic (exact) mass is 348 g/mol. The van der Waals surface area contributed by atoms with Gasteiger partial charge in [0.25, 0.3) is 0 Å². The maximum Gasteiger partial charge on any atom is 0.242 e. The van der Waals surface area contributed by atoms with E-state index in [-0.39, 0.29) is 23.0 Å². The number of hydrogen-bond acceptors (Lipinski definition) is 4. The zero-order valence-electron chi connectivity index (χ0n) is 11.2. The Morgan fingerprint density at radius 1 is 1.33 bits per heavy atom. The van der Waals surface area contributed by atoms with Gasteiger partial charge in [-0.25, -0.2) is 13.1 Å². The molecule has 0 atom stereocenters. The molecule has 0 radical (unpaired) electrons. The van der Waals surface area contributed by atoms with Crippen LogP contribution in [0, 0.1) is 0 Å². The molecule has 0 unspecified atom stereocenters. The van der Waals surface area contributed by atoms with Gasteiger partial charge in [-0.3, -0.25) is 4.68 Å². The van der Waals surface area contributed by atoms with E-state index < -0.39 is 10.0 Å². The number of sulfonamides is 1. The minimum atomic E-state index is -3.76. The molecule has 0 bridgehead atoms. The Labute approximate surface area is 132 Å². The van der Waals surface area contributed by atoms with Gasteiger partial charge in [-0.1, -0.05) is 23.2 Å². The lowest BCUT2D eigenvalue weighted by atomic mass is 10.2. The first-order chi connectivity index (χ1) is 9.83. The van der Waals surface area contributed by atoms with Gasteiger partial charge in [-0.05, 0) is 17.7 Å². The summed E-state index contributed by atoms with van der Waals surface area (Å²) in [5, 5.41) is 4.36. The van der Waals surface area contributed by atoms with Crippen molar-refractivity contribution in [3.63, 3.8) is 0 Å². The molecule has 0 saturated carbocycles. The van der Waals surface area contributed by atoms with Gasteiger partial charge in [0.1, 0.15) is 4.90 Å². The lowest BCUT2D eigenvalue weighted by Gasteiger charge is -2.10. The summed E-state index contributed by atoms with van der Waals surface area (Å²) in [6.07, 6.45) is 3.30. The molecule has 1 aromatic heterocycles. The molecule has 0 aliphatic carbocycles. The molecule has 0 aliphatic rings. The molecule has 9 heteroatoms. The second-order valence-corrected chi connectivity index (χ2v) is 6.97. The van der Waals surface area contributed by atoms with E-state index >= 15 is 0 Å². The molecule has 21 heavy (non-hydrogen) atoms. The average molecular weight is 349 g/mol. The summed E-state index contributed by atoms with van der Waals surface area (Å²) in [5.41, 5.74) is 6.78. The van der Waals surface area contributed by atoms with Crippen molar-refractivity contribution in [3.05, 3.63) is 45.7 Å². The van der Waals surface area contributed by atoms with Gasteiger partial charge in [0.05, 0.1) is 11.2 Å². The minimum absolute atomic E-state index is 0.0436. The summed E-state index contributed by atoms with van der Waals surface area (Å²) in [5.74, 6) is 0. The van der Waals surface area contributed by atoms with E-state index in [1.54, 1.807) is 24.1 Å². The Kier molecular flexibility index (Phi) is 4.90. The first-order valence-electron chi connectivity index (χ1n) is 5.98. The van der Waals surface area contributed by atoms with E-state index in [9.17, 15) is 8.42 Å². The fourth-order valence-corrected chi connectivity index (χ4v) is 3.64. The third kappa shape index (κ3) is 3.75. The summed E-state index contributed by atoms with van der Waals surface area (Å²) < 4.78 is 28.7. The normalized spacial score (nSPS) is 11.8. The zero-order valence-corrected chi connectivity index (χ0v) is 13.5.